The summed E-state index contributed by atoms with van der Waals surface area (Å²) in [6, 6.07) is 3.79. The van der Waals surface area contributed by atoms with Crippen molar-refractivity contribution in [3.8, 4) is 0 Å². The monoisotopic (exact) mass is 285 g/mol. The van der Waals surface area contributed by atoms with Crippen LogP contribution in [0, 0.1) is 0 Å². The summed E-state index contributed by atoms with van der Waals surface area (Å²) in [6.07, 6.45) is 1.37. The Morgan fingerprint density at radius 1 is 1.44 bits per heavy atom. The lowest BCUT2D eigenvalue weighted by molar-refractivity contribution is 0.0989. The molecular weight excluding hydrogens is 269 g/mol. The summed E-state index contributed by atoms with van der Waals surface area (Å²) in [5, 5.41) is 3.84. The molecule has 2 nitrogen and oxygen atoms in total. The molecule has 0 saturated carbocycles. The lowest BCUT2D eigenvalue weighted by Crippen LogP contribution is -2.28. The van der Waals surface area contributed by atoms with E-state index in [2.05, 4.69) is 19.2 Å². The van der Waals surface area contributed by atoms with Gasteiger partial charge in [0, 0.05) is 30.1 Å². The van der Waals surface area contributed by atoms with Gasteiger partial charge in [-0.15, -0.1) is 11.6 Å². The Labute approximate surface area is 118 Å². The Morgan fingerprint density at radius 2 is 2.17 bits per heavy atom. The molecule has 1 aromatic rings. The Bertz CT molecular complexity index is 483. The fraction of sp³-hybridized carbons (Fsp3) is 0.500. The van der Waals surface area contributed by atoms with Crippen LogP contribution in [0.3, 0.4) is 0 Å². The van der Waals surface area contributed by atoms with Crippen LogP contribution >= 0.6 is 23.2 Å². The topological polar surface area (TPSA) is 29.1 Å². The molecule has 0 saturated heterocycles. The van der Waals surface area contributed by atoms with Crippen LogP contribution in [0.1, 0.15) is 42.6 Å². The third-order valence-corrected chi connectivity index (χ3v) is 4.03. The zero-order valence-corrected chi connectivity index (χ0v) is 12.2. The zero-order valence-electron chi connectivity index (χ0n) is 10.6. The molecule has 1 aliphatic heterocycles. The van der Waals surface area contributed by atoms with Gasteiger partial charge in [0.2, 0.25) is 0 Å². The highest BCUT2D eigenvalue weighted by molar-refractivity contribution is 6.34. The van der Waals surface area contributed by atoms with Crippen LogP contribution in [0.5, 0.6) is 0 Å². The maximum atomic E-state index is 12.0. The first-order valence-corrected chi connectivity index (χ1v) is 7.04. The van der Waals surface area contributed by atoms with Crippen molar-refractivity contribution in [2.45, 2.75) is 32.1 Å². The van der Waals surface area contributed by atoms with E-state index >= 15 is 0 Å². The van der Waals surface area contributed by atoms with Crippen LogP contribution in [0.2, 0.25) is 5.02 Å². The number of fused-ring (bicyclic) bond motifs is 1. The van der Waals surface area contributed by atoms with Crippen molar-refractivity contribution < 1.29 is 4.79 Å². The van der Waals surface area contributed by atoms with E-state index in [1.807, 2.05) is 12.1 Å². The second-order valence-electron chi connectivity index (χ2n) is 5.30. The van der Waals surface area contributed by atoms with E-state index in [4.69, 9.17) is 23.2 Å². The Hall–Kier alpha value is -0.730. The molecule has 1 aliphatic rings. The summed E-state index contributed by atoms with van der Waals surface area (Å²) in [7, 11) is 0. The highest BCUT2D eigenvalue weighted by atomic mass is 35.5. The molecule has 0 bridgehead atoms. The predicted octanol–water partition coefficient (Wildman–Crippen LogP) is 4.24. The molecule has 0 aliphatic carbocycles. The molecule has 98 valence electrons. The number of rotatable bonds is 3. The van der Waals surface area contributed by atoms with Crippen molar-refractivity contribution in [1.29, 1.82) is 0 Å². The van der Waals surface area contributed by atoms with Crippen molar-refractivity contribution in [2.75, 3.05) is 17.7 Å². The molecule has 0 fully saturated rings. The van der Waals surface area contributed by atoms with Crippen molar-refractivity contribution in [1.82, 2.24) is 0 Å². The van der Waals surface area contributed by atoms with E-state index in [0.717, 1.165) is 24.2 Å². The van der Waals surface area contributed by atoms with Crippen molar-refractivity contribution in [3.63, 3.8) is 0 Å². The molecular formula is C14H17Cl2NO. The second-order valence-corrected chi connectivity index (χ2v) is 6.09. The molecule has 0 spiro atoms. The van der Waals surface area contributed by atoms with E-state index < -0.39 is 0 Å². The standard InChI is InChI=1S/C14H17Cl2NO/c1-14(2)4-6-17-12-8-11(16)9(7-10(12)14)13(18)3-5-15/h7-8,17H,3-6H2,1-2H3. The number of alkyl halides is 1. The largest absolute Gasteiger partial charge is 0.385 e. The van der Waals surface area contributed by atoms with Crippen molar-refractivity contribution >= 4 is 34.7 Å². The number of hydrogen-bond acceptors (Lipinski definition) is 2. The maximum Gasteiger partial charge on any atom is 0.165 e. The van der Waals surface area contributed by atoms with Crippen LogP contribution in [0.25, 0.3) is 0 Å². The van der Waals surface area contributed by atoms with Gasteiger partial charge in [-0.25, -0.2) is 0 Å². The van der Waals surface area contributed by atoms with Crippen molar-refractivity contribution in [3.05, 3.63) is 28.3 Å². The number of benzene rings is 1. The predicted molar refractivity (Wildman–Crippen MR) is 77.3 cm³/mol. The molecule has 1 N–H and O–H groups in total. The lowest BCUT2D eigenvalue weighted by atomic mass is 9.77. The van der Waals surface area contributed by atoms with E-state index in [9.17, 15) is 4.79 Å². The minimum Gasteiger partial charge on any atom is -0.385 e. The van der Waals surface area contributed by atoms with E-state index in [-0.39, 0.29) is 11.2 Å². The number of nitrogens with one attached hydrogen (secondary N) is 1. The van der Waals surface area contributed by atoms with Crippen molar-refractivity contribution in [2.24, 2.45) is 0 Å². The first-order chi connectivity index (χ1) is 8.45. The lowest BCUT2D eigenvalue weighted by Gasteiger charge is -2.34. The SMILES string of the molecule is CC1(C)CCNc2cc(Cl)c(C(=O)CCCl)cc21. The number of hydrogen-bond donors (Lipinski definition) is 1. The number of anilines is 1. The summed E-state index contributed by atoms with van der Waals surface area (Å²) in [4.78, 5) is 12.0. The molecule has 0 atom stereocenters. The van der Waals surface area contributed by atoms with Gasteiger partial charge in [0.25, 0.3) is 0 Å². The third kappa shape index (κ3) is 2.50. The zero-order chi connectivity index (χ0) is 13.3. The summed E-state index contributed by atoms with van der Waals surface area (Å²) < 4.78 is 0. The van der Waals surface area contributed by atoms with Crippen LogP contribution in [0.15, 0.2) is 12.1 Å². The molecule has 0 aromatic heterocycles. The number of halogens is 2. The third-order valence-electron chi connectivity index (χ3n) is 3.52. The van der Waals surface area contributed by atoms with Gasteiger partial charge in [0.1, 0.15) is 0 Å². The average Bonchev–Trinajstić information content (AvgIpc) is 2.28. The fourth-order valence-corrected chi connectivity index (χ4v) is 2.80. The van der Waals surface area contributed by atoms with E-state index in [1.165, 1.54) is 0 Å². The first-order valence-electron chi connectivity index (χ1n) is 6.13. The molecule has 4 heteroatoms. The van der Waals surface area contributed by atoms with E-state index in [1.54, 1.807) is 0 Å². The summed E-state index contributed by atoms with van der Waals surface area (Å²) in [5.41, 5.74) is 2.86. The Kier molecular flexibility index (Phi) is 3.88. The van der Waals surface area contributed by atoms with Gasteiger partial charge < -0.3 is 5.32 Å². The van der Waals surface area contributed by atoms with Gasteiger partial charge in [-0.1, -0.05) is 25.4 Å². The number of ketones is 1. The van der Waals surface area contributed by atoms with Gasteiger partial charge in [-0.05, 0) is 29.5 Å². The molecule has 0 amide bonds. The summed E-state index contributed by atoms with van der Waals surface area (Å²) in [5.74, 6) is 0.340. The van der Waals surface area contributed by atoms with Gasteiger partial charge in [0.15, 0.2) is 5.78 Å². The van der Waals surface area contributed by atoms with Gasteiger partial charge in [-0.2, -0.15) is 0 Å². The number of carbonyl (C=O) groups is 1. The number of Topliss-reactive ketones (excluding diaryl/α,β-unsaturated/α-hetero) is 1. The maximum absolute atomic E-state index is 12.0. The second kappa shape index (κ2) is 5.10. The molecule has 0 radical (unpaired) electrons. The fourth-order valence-electron chi connectivity index (χ4n) is 2.36. The van der Waals surface area contributed by atoms with Crippen LogP contribution in [-0.4, -0.2) is 18.2 Å². The van der Waals surface area contributed by atoms with Crippen LogP contribution in [0.4, 0.5) is 5.69 Å². The highest BCUT2D eigenvalue weighted by Crippen LogP contribution is 2.39. The Balaban J connectivity index is 2.48. The van der Waals surface area contributed by atoms with Crippen LogP contribution in [-0.2, 0) is 5.41 Å². The molecule has 0 unspecified atom stereocenters. The summed E-state index contributed by atoms with van der Waals surface area (Å²) in [6.45, 7) is 5.32. The molecule has 1 aromatic carbocycles. The minimum absolute atomic E-state index is 0.0131. The molecule has 1 heterocycles. The first kappa shape index (κ1) is 13.7. The normalized spacial score (nSPS) is 16.9. The smallest absolute Gasteiger partial charge is 0.165 e. The van der Waals surface area contributed by atoms with Crippen LogP contribution < -0.4 is 5.32 Å². The highest BCUT2D eigenvalue weighted by Gasteiger charge is 2.29. The van der Waals surface area contributed by atoms with Gasteiger partial charge in [0.05, 0.1) is 5.02 Å². The van der Waals surface area contributed by atoms with E-state index in [0.29, 0.717) is 22.9 Å². The minimum atomic E-state index is 0.0131. The van der Waals surface area contributed by atoms with Gasteiger partial charge in [-0.3, -0.25) is 4.79 Å². The van der Waals surface area contributed by atoms with Gasteiger partial charge >= 0.3 is 0 Å². The average molecular weight is 286 g/mol. The summed E-state index contributed by atoms with van der Waals surface area (Å²) >= 11 is 11.8. The Morgan fingerprint density at radius 3 is 2.83 bits per heavy atom. The molecule has 2 rings (SSSR count). The number of carbonyl (C=O) groups excluding carboxylic acids is 1. The molecule has 18 heavy (non-hydrogen) atoms. The quantitative estimate of drug-likeness (QED) is 0.665.